The Morgan fingerprint density at radius 3 is 2.87 bits per heavy atom. The van der Waals surface area contributed by atoms with Crippen LogP contribution in [0.1, 0.15) is 32.6 Å². The Labute approximate surface area is 173 Å². The van der Waals surface area contributed by atoms with E-state index in [-0.39, 0.29) is 5.56 Å². The fourth-order valence-corrected chi connectivity index (χ4v) is 3.93. The van der Waals surface area contributed by atoms with Crippen LogP contribution >= 0.6 is 0 Å². The number of aromatic carboxylic acids is 1. The molecule has 0 unspecified atom stereocenters. The number of fused-ring (bicyclic) bond motifs is 3. The number of allylic oxidation sites excluding steroid dienone is 1. The maximum absolute atomic E-state index is 11.5. The molecule has 0 fully saturated rings. The number of benzene rings is 3. The molecule has 1 aliphatic rings. The molecule has 5 rings (SSSR count). The van der Waals surface area contributed by atoms with Crippen molar-refractivity contribution in [2.75, 3.05) is 0 Å². The third kappa shape index (κ3) is 3.14. The lowest BCUT2D eigenvalue weighted by molar-refractivity contribution is -0.255. The zero-order valence-electron chi connectivity index (χ0n) is 16.5. The van der Waals surface area contributed by atoms with Gasteiger partial charge in [-0.1, -0.05) is 36.4 Å². The fraction of sp³-hybridized carbons (Fsp3) is 0.120. The van der Waals surface area contributed by atoms with Gasteiger partial charge < -0.3 is 19.2 Å². The second-order valence-corrected chi connectivity index (χ2v) is 7.45. The van der Waals surface area contributed by atoms with Crippen LogP contribution in [0, 0.1) is 6.92 Å². The van der Waals surface area contributed by atoms with Crippen molar-refractivity contribution < 1.29 is 14.6 Å². The van der Waals surface area contributed by atoms with Gasteiger partial charge in [0, 0.05) is 12.1 Å². The topological polar surface area (TPSA) is 67.2 Å². The molecule has 1 aromatic heterocycles. The van der Waals surface area contributed by atoms with Gasteiger partial charge in [-0.25, -0.2) is 4.98 Å². The number of rotatable bonds is 3. The Bertz CT molecular complexity index is 1320. The molecule has 0 atom stereocenters. The summed E-state index contributed by atoms with van der Waals surface area (Å²) >= 11 is 0. The molecule has 0 amide bonds. The van der Waals surface area contributed by atoms with Crippen LogP contribution in [0.15, 0.2) is 73.1 Å². The van der Waals surface area contributed by atoms with Gasteiger partial charge in [0.25, 0.3) is 0 Å². The van der Waals surface area contributed by atoms with Gasteiger partial charge in [-0.05, 0) is 65.1 Å². The first kappa shape index (κ1) is 18.2. The molecule has 2 heterocycles. The molecule has 0 aliphatic carbocycles. The van der Waals surface area contributed by atoms with Gasteiger partial charge in [-0.2, -0.15) is 0 Å². The maximum atomic E-state index is 11.5. The number of aromatic nitrogens is 2. The Morgan fingerprint density at radius 1 is 1.13 bits per heavy atom. The number of hydrogen-bond donors (Lipinski definition) is 0. The second-order valence-electron chi connectivity index (χ2n) is 7.45. The van der Waals surface area contributed by atoms with Crippen molar-refractivity contribution in [1.82, 2.24) is 9.55 Å². The smallest absolute Gasteiger partial charge is 0.127 e. The van der Waals surface area contributed by atoms with E-state index in [2.05, 4.69) is 40.7 Å². The van der Waals surface area contributed by atoms with Gasteiger partial charge in [0.05, 0.1) is 23.3 Å². The number of imidazole rings is 1. The first-order valence-corrected chi connectivity index (χ1v) is 9.78. The van der Waals surface area contributed by atoms with Crippen molar-refractivity contribution in [2.45, 2.75) is 20.1 Å². The average molecular weight is 395 g/mol. The van der Waals surface area contributed by atoms with E-state index in [0.29, 0.717) is 18.9 Å². The SMILES string of the molecule is Cc1ccc2c(c1)ncn2C/C=C1\c2ccccc2COc2ccc(C(=O)[O-])cc21. The highest BCUT2D eigenvalue weighted by molar-refractivity contribution is 5.91. The molecule has 1 aliphatic heterocycles. The van der Waals surface area contributed by atoms with Crippen LogP contribution < -0.4 is 9.84 Å². The number of carbonyl (C=O) groups is 1. The summed E-state index contributed by atoms with van der Waals surface area (Å²) in [5.74, 6) is -0.542. The first-order chi connectivity index (χ1) is 14.6. The molecular weight excluding hydrogens is 376 g/mol. The normalized spacial score (nSPS) is 14.1. The van der Waals surface area contributed by atoms with E-state index in [1.807, 2.05) is 30.6 Å². The summed E-state index contributed by atoms with van der Waals surface area (Å²) in [6, 6.07) is 19.1. The van der Waals surface area contributed by atoms with Crippen molar-refractivity contribution in [3.05, 3.63) is 101 Å². The number of nitrogens with zero attached hydrogens (tertiary/aromatic N) is 2. The molecule has 0 spiro atoms. The highest BCUT2D eigenvalue weighted by atomic mass is 16.5. The molecular formula is C25H19N2O3-. The quantitative estimate of drug-likeness (QED) is 0.530. The van der Waals surface area contributed by atoms with Gasteiger partial charge in [0.15, 0.2) is 0 Å². The Balaban J connectivity index is 1.65. The van der Waals surface area contributed by atoms with Crippen LogP contribution in [-0.4, -0.2) is 15.5 Å². The van der Waals surface area contributed by atoms with Crippen molar-refractivity contribution in [3.63, 3.8) is 0 Å². The number of ether oxygens (including phenoxy) is 1. The lowest BCUT2D eigenvalue weighted by atomic mass is 9.93. The predicted octanol–water partition coefficient (Wildman–Crippen LogP) is 3.73. The third-order valence-corrected chi connectivity index (χ3v) is 5.46. The summed E-state index contributed by atoms with van der Waals surface area (Å²) in [6.07, 6.45) is 3.94. The predicted molar refractivity (Wildman–Crippen MR) is 113 cm³/mol. The highest BCUT2D eigenvalue weighted by Gasteiger charge is 2.19. The molecule has 5 nitrogen and oxygen atoms in total. The molecule has 0 saturated heterocycles. The minimum Gasteiger partial charge on any atom is -0.545 e. The zero-order valence-corrected chi connectivity index (χ0v) is 16.5. The number of carboxylic acid groups (broad SMARTS) is 1. The van der Waals surface area contributed by atoms with Crippen molar-refractivity contribution in [3.8, 4) is 5.75 Å². The largest absolute Gasteiger partial charge is 0.545 e. The molecule has 0 saturated carbocycles. The van der Waals surface area contributed by atoms with E-state index in [1.54, 1.807) is 12.1 Å². The van der Waals surface area contributed by atoms with Gasteiger partial charge in [0.1, 0.15) is 12.4 Å². The fourth-order valence-electron chi connectivity index (χ4n) is 3.93. The maximum Gasteiger partial charge on any atom is 0.127 e. The Hall–Kier alpha value is -3.86. The van der Waals surface area contributed by atoms with Gasteiger partial charge in [-0.15, -0.1) is 0 Å². The van der Waals surface area contributed by atoms with Crippen LogP contribution in [0.5, 0.6) is 5.75 Å². The molecule has 148 valence electrons. The minimum atomic E-state index is -1.20. The molecule has 3 aromatic carbocycles. The zero-order chi connectivity index (χ0) is 20.7. The molecule has 0 N–H and O–H groups in total. The van der Waals surface area contributed by atoms with Crippen LogP contribution in [0.3, 0.4) is 0 Å². The average Bonchev–Trinajstić information content (AvgIpc) is 3.07. The van der Waals surface area contributed by atoms with Gasteiger partial charge in [0.2, 0.25) is 0 Å². The van der Waals surface area contributed by atoms with Crippen molar-refractivity contribution in [1.29, 1.82) is 0 Å². The minimum absolute atomic E-state index is 0.131. The summed E-state index contributed by atoms with van der Waals surface area (Å²) in [7, 11) is 0. The van der Waals surface area contributed by atoms with Crippen molar-refractivity contribution in [2.24, 2.45) is 0 Å². The van der Waals surface area contributed by atoms with E-state index in [4.69, 9.17) is 4.74 Å². The standard InChI is InChI=1S/C25H20N2O3/c1-16-6-8-23-22(12-16)26-15-27(23)11-10-20-19-5-3-2-4-18(19)14-30-24-9-7-17(25(28)29)13-21(20)24/h2-10,12-13,15H,11,14H2,1H3,(H,28,29)/p-1/b20-10+. The lowest BCUT2D eigenvalue weighted by Crippen LogP contribution is -2.22. The molecule has 4 aromatic rings. The van der Waals surface area contributed by atoms with E-state index in [9.17, 15) is 9.90 Å². The van der Waals surface area contributed by atoms with E-state index in [0.717, 1.165) is 33.3 Å². The molecule has 5 heteroatoms. The third-order valence-electron chi connectivity index (χ3n) is 5.46. The van der Waals surface area contributed by atoms with Gasteiger partial charge in [-0.3, -0.25) is 0 Å². The monoisotopic (exact) mass is 395 g/mol. The number of carboxylic acids is 1. The van der Waals surface area contributed by atoms with Crippen LogP contribution in [-0.2, 0) is 13.2 Å². The van der Waals surface area contributed by atoms with E-state index < -0.39 is 5.97 Å². The summed E-state index contributed by atoms with van der Waals surface area (Å²) in [5.41, 5.74) is 7.10. The van der Waals surface area contributed by atoms with Gasteiger partial charge >= 0.3 is 0 Å². The second kappa shape index (κ2) is 7.19. The Morgan fingerprint density at radius 2 is 2.00 bits per heavy atom. The van der Waals surface area contributed by atoms with Crippen LogP contribution in [0.2, 0.25) is 0 Å². The summed E-state index contributed by atoms with van der Waals surface area (Å²) in [4.78, 5) is 16.0. The van der Waals surface area contributed by atoms with E-state index in [1.165, 1.54) is 11.6 Å². The lowest BCUT2D eigenvalue weighted by Gasteiger charge is -2.13. The Kier molecular flexibility index (Phi) is 4.36. The molecule has 0 bridgehead atoms. The van der Waals surface area contributed by atoms with Crippen LogP contribution in [0.25, 0.3) is 16.6 Å². The summed E-state index contributed by atoms with van der Waals surface area (Å²) < 4.78 is 8.07. The van der Waals surface area contributed by atoms with Crippen LogP contribution in [0.4, 0.5) is 0 Å². The van der Waals surface area contributed by atoms with E-state index >= 15 is 0 Å². The summed E-state index contributed by atoms with van der Waals surface area (Å²) in [5, 5.41) is 11.5. The van der Waals surface area contributed by atoms with Crippen molar-refractivity contribution >= 4 is 22.6 Å². The molecule has 0 radical (unpaired) electrons. The number of aryl methyl sites for hydroxylation is 1. The highest BCUT2D eigenvalue weighted by Crippen LogP contribution is 2.37. The number of hydrogen-bond acceptors (Lipinski definition) is 4. The molecule has 30 heavy (non-hydrogen) atoms. The summed E-state index contributed by atoms with van der Waals surface area (Å²) in [6.45, 7) is 3.07. The first-order valence-electron chi connectivity index (χ1n) is 9.78. The number of carbonyl (C=O) groups excluding carboxylic acids is 1.